The van der Waals surface area contributed by atoms with E-state index in [1.807, 2.05) is 0 Å². The van der Waals surface area contributed by atoms with Crippen LogP contribution in [-0.4, -0.2) is 35.1 Å². The summed E-state index contributed by atoms with van der Waals surface area (Å²) in [6.07, 6.45) is -3.51. The van der Waals surface area contributed by atoms with Gasteiger partial charge in [0.25, 0.3) is 0 Å². The van der Waals surface area contributed by atoms with Gasteiger partial charge in [0.15, 0.2) is 0 Å². The normalized spacial score (nSPS) is 18.6. The fourth-order valence-electron chi connectivity index (χ4n) is 2.39. The van der Waals surface area contributed by atoms with Gasteiger partial charge in [-0.25, -0.2) is 4.79 Å². The average Bonchev–Trinajstić information content (AvgIpc) is 2.45. The zero-order valence-corrected chi connectivity index (χ0v) is 13.4. The number of nitrogens with zero attached hydrogens (tertiary/aromatic N) is 1. The van der Waals surface area contributed by atoms with Gasteiger partial charge in [0.1, 0.15) is 0 Å². The second kappa shape index (κ2) is 6.77. The van der Waals surface area contributed by atoms with Crippen LogP contribution in [0.5, 0.6) is 0 Å². The Morgan fingerprint density at radius 2 is 2.00 bits per heavy atom. The van der Waals surface area contributed by atoms with Crippen molar-refractivity contribution in [3.05, 3.63) is 28.2 Å². The zero-order chi connectivity index (χ0) is 17.2. The van der Waals surface area contributed by atoms with E-state index in [-0.39, 0.29) is 16.7 Å². The first-order valence-electron chi connectivity index (χ1n) is 6.83. The Hall–Kier alpha value is -1.77. The molecule has 23 heavy (non-hydrogen) atoms. The summed E-state index contributed by atoms with van der Waals surface area (Å²) in [7, 11) is 0. The number of carboxylic acid groups (broad SMARTS) is 1. The predicted molar refractivity (Wildman–Crippen MR) is 80.1 cm³/mol. The lowest BCUT2D eigenvalue weighted by atomic mass is 9.99. The number of piperidine rings is 1. The van der Waals surface area contributed by atoms with Gasteiger partial charge in [0.05, 0.1) is 11.5 Å². The monoisotopic (exact) mass is 394 g/mol. The Morgan fingerprint density at radius 1 is 1.30 bits per heavy atom. The van der Waals surface area contributed by atoms with Gasteiger partial charge in [-0.3, -0.25) is 4.79 Å². The Labute approximate surface area is 138 Å². The molecule has 1 unspecified atom stereocenters. The largest absolute Gasteiger partial charge is 0.481 e. The quantitative estimate of drug-likeness (QED) is 0.801. The fraction of sp³-hybridized carbons (Fsp3) is 0.429. The standard InChI is InChI=1S/C14H14BrF3N2O3/c15-10-4-9(14(16,17)18)5-11(6-10)19-13(23)20-3-1-2-8(7-20)12(21)22/h4-6,8H,1-3,7H2,(H,19,23)(H,21,22). The lowest BCUT2D eigenvalue weighted by Crippen LogP contribution is -2.44. The summed E-state index contributed by atoms with van der Waals surface area (Å²) >= 11 is 2.98. The topological polar surface area (TPSA) is 69.6 Å². The number of amides is 2. The maximum atomic E-state index is 12.8. The molecule has 0 spiro atoms. The van der Waals surface area contributed by atoms with Crippen LogP contribution in [-0.2, 0) is 11.0 Å². The molecule has 1 aromatic rings. The molecule has 2 amide bonds. The number of nitrogens with one attached hydrogen (secondary N) is 1. The van der Waals surface area contributed by atoms with Gasteiger partial charge >= 0.3 is 18.2 Å². The Bertz CT molecular complexity index is 622. The van der Waals surface area contributed by atoms with Gasteiger partial charge in [0.2, 0.25) is 0 Å². The van der Waals surface area contributed by atoms with Crippen LogP contribution < -0.4 is 5.32 Å². The molecule has 1 fully saturated rings. The van der Waals surface area contributed by atoms with Gasteiger partial charge in [-0.05, 0) is 31.0 Å². The fourth-order valence-corrected chi connectivity index (χ4v) is 2.88. The van der Waals surface area contributed by atoms with Crippen molar-refractivity contribution in [2.75, 3.05) is 18.4 Å². The maximum absolute atomic E-state index is 12.8. The number of aliphatic carboxylic acids is 1. The van der Waals surface area contributed by atoms with Gasteiger partial charge in [-0.15, -0.1) is 0 Å². The third-order valence-corrected chi connectivity index (χ3v) is 3.99. The highest BCUT2D eigenvalue weighted by molar-refractivity contribution is 9.10. The number of hydrogen-bond acceptors (Lipinski definition) is 2. The third kappa shape index (κ3) is 4.60. The summed E-state index contributed by atoms with van der Waals surface area (Å²) in [5.41, 5.74) is -0.890. The highest BCUT2D eigenvalue weighted by atomic mass is 79.9. The molecular formula is C14H14BrF3N2O3. The van der Waals surface area contributed by atoms with E-state index in [4.69, 9.17) is 5.11 Å². The first-order chi connectivity index (χ1) is 10.7. The molecule has 1 aliphatic rings. The number of carboxylic acids is 1. The van der Waals surface area contributed by atoms with Crippen molar-refractivity contribution in [3.63, 3.8) is 0 Å². The number of benzene rings is 1. The first-order valence-corrected chi connectivity index (χ1v) is 7.62. The number of carbonyl (C=O) groups excluding carboxylic acids is 1. The second-order valence-corrected chi connectivity index (χ2v) is 6.20. The number of anilines is 1. The molecule has 0 aromatic heterocycles. The SMILES string of the molecule is O=C(O)C1CCCN(C(=O)Nc2cc(Br)cc(C(F)(F)F)c2)C1. The lowest BCUT2D eigenvalue weighted by Gasteiger charge is -2.30. The summed E-state index contributed by atoms with van der Waals surface area (Å²) in [4.78, 5) is 24.4. The molecule has 1 atom stereocenters. The van der Waals surface area contributed by atoms with Crippen LogP contribution in [0.1, 0.15) is 18.4 Å². The van der Waals surface area contributed by atoms with E-state index in [0.717, 1.165) is 12.1 Å². The van der Waals surface area contributed by atoms with Gasteiger partial charge in [0, 0.05) is 23.2 Å². The molecule has 2 rings (SSSR count). The first kappa shape index (κ1) is 17.6. The van der Waals surface area contributed by atoms with Crippen molar-refractivity contribution < 1.29 is 27.9 Å². The minimum absolute atomic E-state index is 0.00542. The molecule has 126 valence electrons. The molecule has 0 aliphatic carbocycles. The van der Waals surface area contributed by atoms with Gasteiger partial charge in [-0.1, -0.05) is 15.9 Å². The smallest absolute Gasteiger partial charge is 0.416 e. The summed E-state index contributed by atoms with van der Waals surface area (Å²) in [6, 6.07) is 2.49. The minimum atomic E-state index is -4.53. The molecule has 1 heterocycles. The molecule has 0 radical (unpaired) electrons. The van der Waals surface area contributed by atoms with Crippen molar-refractivity contribution in [1.29, 1.82) is 0 Å². The molecule has 0 bridgehead atoms. The third-order valence-electron chi connectivity index (χ3n) is 3.53. The van der Waals surface area contributed by atoms with E-state index in [1.54, 1.807) is 0 Å². The number of alkyl halides is 3. The highest BCUT2D eigenvalue weighted by Gasteiger charge is 2.32. The van der Waals surface area contributed by atoms with Crippen molar-refractivity contribution in [3.8, 4) is 0 Å². The number of carbonyl (C=O) groups is 2. The van der Waals surface area contributed by atoms with E-state index >= 15 is 0 Å². The molecule has 2 N–H and O–H groups in total. The summed E-state index contributed by atoms with van der Waals surface area (Å²) < 4.78 is 38.5. The van der Waals surface area contributed by atoms with Crippen LogP contribution in [0.2, 0.25) is 0 Å². The van der Waals surface area contributed by atoms with E-state index in [0.29, 0.717) is 19.4 Å². The van der Waals surface area contributed by atoms with Crippen molar-refractivity contribution >= 4 is 33.6 Å². The number of hydrogen-bond donors (Lipinski definition) is 2. The summed E-state index contributed by atoms with van der Waals surface area (Å²) in [5.74, 6) is -1.63. The van der Waals surface area contributed by atoms with Crippen LogP contribution in [0.15, 0.2) is 22.7 Å². The molecular weight excluding hydrogens is 381 g/mol. The zero-order valence-electron chi connectivity index (χ0n) is 11.9. The summed E-state index contributed by atoms with van der Waals surface area (Å²) in [5, 5.41) is 11.4. The number of rotatable bonds is 2. The number of likely N-dealkylation sites (tertiary alicyclic amines) is 1. The van der Waals surface area contributed by atoms with E-state index in [2.05, 4.69) is 21.2 Å². The van der Waals surface area contributed by atoms with Crippen LogP contribution in [0.3, 0.4) is 0 Å². The number of halogens is 4. The molecule has 9 heteroatoms. The van der Waals surface area contributed by atoms with Crippen molar-refractivity contribution in [2.24, 2.45) is 5.92 Å². The van der Waals surface area contributed by atoms with Crippen LogP contribution in [0, 0.1) is 5.92 Å². The maximum Gasteiger partial charge on any atom is 0.416 e. The van der Waals surface area contributed by atoms with Crippen LogP contribution in [0.4, 0.5) is 23.7 Å². The molecule has 1 aliphatic heterocycles. The molecule has 1 saturated heterocycles. The van der Waals surface area contributed by atoms with Crippen LogP contribution >= 0.6 is 15.9 Å². The van der Waals surface area contributed by atoms with Crippen LogP contribution in [0.25, 0.3) is 0 Å². The van der Waals surface area contributed by atoms with E-state index in [1.165, 1.54) is 11.0 Å². The number of urea groups is 1. The molecule has 5 nitrogen and oxygen atoms in total. The highest BCUT2D eigenvalue weighted by Crippen LogP contribution is 2.33. The lowest BCUT2D eigenvalue weighted by molar-refractivity contribution is -0.143. The van der Waals surface area contributed by atoms with Gasteiger partial charge in [-0.2, -0.15) is 13.2 Å². The van der Waals surface area contributed by atoms with Gasteiger partial charge < -0.3 is 15.3 Å². The van der Waals surface area contributed by atoms with E-state index < -0.39 is 29.7 Å². The molecule has 0 saturated carbocycles. The van der Waals surface area contributed by atoms with E-state index in [9.17, 15) is 22.8 Å². The Morgan fingerprint density at radius 3 is 2.61 bits per heavy atom. The Kier molecular flexibility index (Phi) is 5.18. The predicted octanol–water partition coefficient (Wildman–Crippen LogP) is 3.80. The molecule has 1 aromatic carbocycles. The van der Waals surface area contributed by atoms with Crippen molar-refractivity contribution in [1.82, 2.24) is 4.90 Å². The van der Waals surface area contributed by atoms with Crippen molar-refractivity contribution in [2.45, 2.75) is 19.0 Å². The summed E-state index contributed by atoms with van der Waals surface area (Å²) in [6.45, 7) is 0.414. The second-order valence-electron chi connectivity index (χ2n) is 5.28. The minimum Gasteiger partial charge on any atom is -0.481 e. The Balaban J connectivity index is 2.11. The average molecular weight is 395 g/mol.